The predicted molar refractivity (Wildman–Crippen MR) is 134 cm³/mol. The fraction of sp³-hybridized carbons (Fsp3) is 0.200. The summed E-state index contributed by atoms with van der Waals surface area (Å²) in [5, 5.41) is 0.121. The Morgan fingerprint density at radius 2 is 1.79 bits per heavy atom. The second-order valence-electron chi connectivity index (χ2n) is 7.56. The lowest BCUT2D eigenvalue weighted by Gasteiger charge is -2.20. The van der Waals surface area contributed by atoms with Crippen LogP contribution in [0.2, 0.25) is 5.02 Å². The molecule has 0 aliphatic rings. The highest BCUT2D eigenvalue weighted by Gasteiger charge is 2.25. The summed E-state index contributed by atoms with van der Waals surface area (Å²) in [6, 6.07) is 18.8. The number of aryl methyl sites for hydroxylation is 1. The Bertz CT molecular complexity index is 1470. The number of rotatable bonds is 7. The number of ether oxygens (including phenoxy) is 1. The maximum Gasteiger partial charge on any atom is 0.338 e. The van der Waals surface area contributed by atoms with Gasteiger partial charge in [0.05, 0.1) is 33.9 Å². The van der Waals surface area contributed by atoms with Crippen molar-refractivity contribution < 1.29 is 17.9 Å². The standard InChI is InChI=1S/C25H24ClN3O4S/c1-4-29-22-14-12-18(25(30)33-5-2)15-21(22)27-24(29)17-11-13-20(26)23(16-17)34(31,32)28(3)19-9-7-6-8-10-19/h6-16H,4-5H2,1-3H3. The summed E-state index contributed by atoms with van der Waals surface area (Å²) < 4.78 is 35.1. The second kappa shape index (κ2) is 9.48. The summed E-state index contributed by atoms with van der Waals surface area (Å²) in [6.07, 6.45) is 0. The summed E-state index contributed by atoms with van der Waals surface area (Å²) in [7, 11) is -2.43. The molecule has 0 bridgehead atoms. The number of anilines is 1. The number of carbonyl (C=O) groups excluding carboxylic acids is 1. The summed E-state index contributed by atoms with van der Waals surface area (Å²) in [6.45, 7) is 4.60. The highest BCUT2D eigenvalue weighted by atomic mass is 35.5. The number of halogens is 1. The van der Waals surface area contributed by atoms with Crippen LogP contribution in [0.4, 0.5) is 5.69 Å². The zero-order chi connectivity index (χ0) is 24.5. The highest BCUT2D eigenvalue weighted by Crippen LogP contribution is 2.33. The molecular weight excluding hydrogens is 474 g/mol. The molecule has 0 fully saturated rings. The van der Waals surface area contributed by atoms with Gasteiger partial charge in [-0.15, -0.1) is 0 Å². The van der Waals surface area contributed by atoms with Crippen LogP contribution < -0.4 is 4.31 Å². The van der Waals surface area contributed by atoms with Crippen molar-refractivity contribution >= 4 is 44.3 Å². The van der Waals surface area contributed by atoms with Crippen LogP contribution in [-0.4, -0.2) is 37.6 Å². The molecule has 3 aromatic carbocycles. The lowest BCUT2D eigenvalue weighted by Crippen LogP contribution is -2.26. The minimum absolute atomic E-state index is 0.0139. The second-order valence-corrected chi connectivity index (χ2v) is 9.90. The van der Waals surface area contributed by atoms with Crippen molar-refractivity contribution in [1.29, 1.82) is 0 Å². The molecule has 1 aromatic heterocycles. The van der Waals surface area contributed by atoms with Gasteiger partial charge in [0, 0.05) is 19.2 Å². The monoisotopic (exact) mass is 497 g/mol. The molecular formula is C25H24ClN3O4S. The lowest BCUT2D eigenvalue weighted by molar-refractivity contribution is 0.0526. The average Bonchev–Trinajstić information content (AvgIpc) is 3.22. The van der Waals surface area contributed by atoms with E-state index in [4.69, 9.17) is 21.3 Å². The van der Waals surface area contributed by atoms with Crippen LogP contribution in [0, 0.1) is 0 Å². The maximum atomic E-state index is 13.4. The molecule has 1 heterocycles. The molecule has 9 heteroatoms. The van der Waals surface area contributed by atoms with E-state index in [1.54, 1.807) is 55.5 Å². The van der Waals surface area contributed by atoms with E-state index in [2.05, 4.69) is 0 Å². The van der Waals surface area contributed by atoms with Gasteiger partial charge in [-0.1, -0.05) is 29.8 Å². The highest BCUT2D eigenvalue weighted by molar-refractivity contribution is 7.93. The van der Waals surface area contributed by atoms with Crippen LogP contribution in [0.1, 0.15) is 24.2 Å². The van der Waals surface area contributed by atoms with Crippen LogP contribution in [0.5, 0.6) is 0 Å². The number of hydrogen-bond acceptors (Lipinski definition) is 5. The SMILES string of the molecule is CCOC(=O)c1ccc2c(c1)nc(-c1ccc(Cl)c(S(=O)(=O)N(C)c3ccccc3)c1)n2CC. The largest absolute Gasteiger partial charge is 0.462 e. The lowest BCUT2D eigenvalue weighted by atomic mass is 10.2. The summed E-state index contributed by atoms with van der Waals surface area (Å²) in [5.41, 5.74) is 2.97. The average molecular weight is 498 g/mol. The van der Waals surface area contributed by atoms with E-state index in [9.17, 15) is 13.2 Å². The number of carbonyl (C=O) groups is 1. The van der Waals surface area contributed by atoms with Gasteiger partial charge in [-0.05, 0) is 62.4 Å². The summed E-state index contributed by atoms with van der Waals surface area (Å²) >= 11 is 6.35. The molecule has 0 saturated heterocycles. The Kier molecular flexibility index (Phi) is 6.63. The van der Waals surface area contributed by atoms with Gasteiger partial charge in [0.15, 0.2) is 0 Å². The first-order chi connectivity index (χ1) is 16.3. The van der Waals surface area contributed by atoms with Crippen LogP contribution in [-0.2, 0) is 21.3 Å². The number of hydrogen-bond donors (Lipinski definition) is 0. The maximum absolute atomic E-state index is 13.4. The first-order valence-electron chi connectivity index (χ1n) is 10.8. The van der Waals surface area contributed by atoms with Crippen molar-refractivity contribution in [2.75, 3.05) is 18.0 Å². The summed E-state index contributed by atoms with van der Waals surface area (Å²) in [5.74, 6) is 0.162. The molecule has 0 aliphatic carbocycles. The normalized spacial score (nSPS) is 11.5. The van der Waals surface area contributed by atoms with Gasteiger partial charge in [-0.2, -0.15) is 0 Å². The van der Waals surface area contributed by atoms with Crippen molar-refractivity contribution in [2.45, 2.75) is 25.3 Å². The van der Waals surface area contributed by atoms with Crippen molar-refractivity contribution in [3.05, 3.63) is 77.3 Å². The summed E-state index contributed by atoms with van der Waals surface area (Å²) in [4.78, 5) is 16.9. The topological polar surface area (TPSA) is 81.5 Å². The van der Waals surface area contributed by atoms with Crippen molar-refractivity contribution in [2.24, 2.45) is 0 Å². The van der Waals surface area contributed by atoms with Crippen LogP contribution in [0.15, 0.2) is 71.6 Å². The Labute approximate surface area is 203 Å². The van der Waals surface area contributed by atoms with E-state index in [0.717, 1.165) is 5.52 Å². The van der Waals surface area contributed by atoms with Gasteiger partial charge >= 0.3 is 5.97 Å². The number of esters is 1. The van der Waals surface area contributed by atoms with Gasteiger partial charge in [0.25, 0.3) is 10.0 Å². The van der Waals surface area contributed by atoms with Gasteiger partial charge in [-0.25, -0.2) is 18.2 Å². The molecule has 176 valence electrons. The number of benzene rings is 3. The number of nitrogens with zero attached hydrogens (tertiary/aromatic N) is 3. The number of fused-ring (bicyclic) bond motifs is 1. The van der Waals surface area contributed by atoms with Gasteiger partial charge in [0.1, 0.15) is 10.7 Å². The smallest absolute Gasteiger partial charge is 0.338 e. The van der Waals surface area contributed by atoms with E-state index < -0.39 is 16.0 Å². The van der Waals surface area contributed by atoms with E-state index in [1.807, 2.05) is 23.6 Å². The molecule has 0 radical (unpaired) electrons. The van der Waals surface area contributed by atoms with Gasteiger partial charge in [-0.3, -0.25) is 4.31 Å². The minimum atomic E-state index is -3.92. The molecule has 4 rings (SSSR count). The number of sulfonamides is 1. The third kappa shape index (κ3) is 4.26. The molecule has 0 N–H and O–H groups in total. The zero-order valence-corrected chi connectivity index (χ0v) is 20.6. The third-order valence-corrected chi connectivity index (χ3v) is 7.79. The first kappa shape index (κ1) is 23.8. The van der Waals surface area contributed by atoms with Crippen molar-refractivity contribution in [3.8, 4) is 11.4 Å². The van der Waals surface area contributed by atoms with Crippen molar-refractivity contribution in [3.63, 3.8) is 0 Å². The quantitative estimate of drug-likeness (QED) is 0.320. The van der Waals surface area contributed by atoms with Crippen LogP contribution >= 0.6 is 11.6 Å². The minimum Gasteiger partial charge on any atom is -0.462 e. The molecule has 0 atom stereocenters. The molecule has 0 aliphatic heterocycles. The molecule has 7 nitrogen and oxygen atoms in total. The zero-order valence-electron chi connectivity index (χ0n) is 19.0. The van der Waals surface area contributed by atoms with Crippen molar-refractivity contribution in [1.82, 2.24) is 9.55 Å². The van der Waals surface area contributed by atoms with E-state index >= 15 is 0 Å². The molecule has 0 unspecified atom stereocenters. The van der Waals surface area contributed by atoms with E-state index in [-0.39, 0.29) is 16.5 Å². The third-order valence-electron chi connectivity index (χ3n) is 5.52. The van der Waals surface area contributed by atoms with Crippen LogP contribution in [0.25, 0.3) is 22.4 Å². The Morgan fingerprint density at radius 3 is 2.47 bits per heavy atom. The number of aromatic nitrogens is 2. The Hall–Kier alpha value is -3.36. The van der Waals surface area contributed by atoms with E-state index in [1.165, 1.54) is 17.4 Å². The Balaban J connectivity index is 1.82. The van der Waals surface area contributed by atoms with Gasteiger partial charge in [0.2, 0.25) is 0 Å². The molecule has 0 saturated carbocycles. The van der Waals surface area contributed by atoms with Gasteiger partial charge < -0.3 is 9.30 Å². The van der Waals surface area contributed by atoms with E-state index in [0.29, 0.717) is 34.7 Å². The molecule has 4 aromatic rings. The Morgan fingerprint density at radius 1 is 1.06 bits per heavy atom. The fourth-order valence-corrected chi connectivity index (χ4v) is 5.47. The number of para-hydroxylation sites is 1. The number of imidazole rings is 1. The molecule has 34 heavy (non-hydrogen) atoms. The fourth-order valence-electron chi connectivity index (χ4n) is 3.78. The van der Waals surface area contributed by atoms with Crippen LogP contribution in [0.3, 0.4) is 0 Å². The predicted octanol–water partition coefficient (Wildman–Crippen LogP) is 5.38. The molecule has 0 amide bonds. The molecule has 0 spiro atoms. The first-order valence-corrected chi connectivity index (χ1v) is 12.6.